The smallest absolute Gasteiger partial charge is 0.209 e. The Kier molecular flexibility index (Phi) is 6.83. The Morgan fingerprint density at radius 2 is 1.62 bits per heavy atom. The lowest BCUT2D eigenvalue weighted by Crippen LogP contribution is -2.26. The maximum atomic E-state index is 2.42. The van der Waals surface area contributed by atoms with Crippen LogP contribution in [0.5, 0.6) is 0 Å². The van der Waals surface area contributed by atoms with Crippen LogP contribution in [0.4, 0.5) is 11.4 Å². The van der Waals surface area contributed by atoms with Gasteiger partial charge in [0.1, 0.15) is 7.05 Å². The second-order valence-corrected chi connectivity index (χ2v) is 9.78. The van der Waals surface area contributed by atoms with E-state index in [1.807, 2.05) is 13.8 Å². The highest BCUT2D eigenvalue weighted by Gasteiger charge is 2.42. The SMILES string of the molecule is CC.CCCc1ccc2c(c1)C(C)(C)/C(=C\C=C\C1=[N+](C)c3ccccc3C1(C)C)N2C. The summed E-state index contributed by atoms with van der Waals surface area (Å²) in [5.41, 5.74) is 9.61. The largest absolute Gasteiger partial charge is 0.347 e. The Hall–Kier alpha value is -2.61. The molecule has 170 valence electrons. The summed E-state index contributed by atoms with van der Waals surface area (Å²) < 4.78 is 2.33. The van der Waals surface area contributed by atoms with Gasteiger partial charge in [-0.15, -0.1) is 0 Å². The van der Waals surface area contributed by atoms with Crippen molar-refractivity contribution in [1.82, 2.24) is 0 Å². The average molecular weight is 430 g/mol. The van der Waals surface area contributed by atoms with E-state index < -0.39 is 0 Å². The van der Waals surface area contributed by atoms with Crippen molar-refractivity contribution in [3.8, 4) is 0 Å². The average Bonchev–Trinajstić information content (AvgIpc) is 3.09. The topological polar surface area (TPSA) is 6.25 Å². The van der Waals surface area contributed by atoms with E-state index in [-0.39, 0.29) is 10.8 Å². The third kappa shape index (κ3) is 3.85. The van der Waals surface area contributed by atoms with Gasteiger partial charge >= 0.3 is 0 Å². The molecule has 0 fully saturated rings. The van der Waals surface area contributed by atoms with Gasteiger partial charge in [-0.3, -0.25) is 0 Å². The third-order valence-corrected chi connectivity index (χ3v) is 7.08. The van der Waals surface area contributed by atoms with Crippen LogP contribution < -0.4 is 4.90 Å². The van der Waals surface area contributed by atoms with Crippen molar-refractivity contribution in [3.05, 3.63) is 83.1 Å². The molecular weight excluding hydrogens is 388 g/mol. The lowest BCUT2D eigenvalue weighted by atomic mass is 9.81. The number of hydrogen-bond acceptors (Lipinski definition) is 1. The first-order chi connectivity index (χ1) is 15.2. The van der Waals surface area contributed by atoms with E-state index in [1.54, 1.807) is 0 Å². The van der Waals surface area contributed by atoms with Crippen LogP contribution in [0.25, 0.3) is 0 Å². The molecule has 0 aromatic heterocycles. The van der Waals surface area contributed by atoms with Crippen molar-refractivity contribution in [3.63, 3.8) is 0 Å². The minimum Gasteiger partial charge on any atom is -0.347 e. The molecule has 32 heavy (non-hydrogen) atoms. The van der Waals surface area contributed by atoms with Crippen LogP contribution in [-0.2, 0) is 17.3 Å². The van der Waals surface area contributed by atoms with Crippen molar-refractivity contribution >= 4 is 17.1 Å². The Bertz CT molecular complexity index is 1080. The van der Waals surface area contributed by atoms with Gasteiger partial charge in [0.25, 0.3) is 0 Å². The number of allylic oxidation sites excluding steroid dienone is 4. The fourth-order valence-corrected chi connectivity index (χ4v) is 5.36. The van der Waals surface area contributed by atoms with Gasteiger partial charge in [0, 0.05) is 41.6 Å². The van der Waals surface area contributed by atoms with Crippen LogP contribution >= 0.6 is 0 Å². The summed E-state index contributed by atoms with van der Waals surface area (Å²) in [6.07, 6.45) is 9.17. The molecule has 0 N–H and O–H groups in total. The van der Waals surface area contributed by atoms with Crippen LogP contribution in [0.3, 0.4) is 0 Å². The van der Waals surface area contributed by atoms with E-state index >= 15 is 0 Å². The van der Waals surface area contributed by atoms with E-state index in [1.165, 1.54) is 45.9 Å². The van der Waals surface area contributed by atoms with Gasteiger partial charge in [-0.2, -0.15) is 4.58 Å². The van der Waals surface area contributed by atoms with Gasteiger partial charge < -0.3 is 4.90 Å². The summed E-state index contributed by atoms with van der Waals surface area (Å²) in [7, 11) is 4.37. The van der Waals surface area contributed by atoms with Crippen molar-refractivity contribution in [2.24, 2.45) is 0 Å². The van der Waals surface area contributed by atoms with Crippen molar-refractivity contribution in [2.45, 2.75) is 72.1 Å². The highest BCUT2D eigenvalue weighted by molar-refractivity contribution is 6.03. The number of likely N-dealkylation sites (N-methyl/N-ethyl adjacent to an activating group) is 1. The van der Waals surface area contributed by atoms with Gasteiger partial charge in [0.05, 0.1) is 5.41 Å². The van der Waals surface area contributed by atoms with Crippen LogP contribution in [0.2, 0.25) is 0 Å². The van der Waals surface area contributed by atoms with Crippen LogP contribution in [0.1, 0.15) is 71.6 Å². The first-order valence-corrected chi connectivity index (χ1v) is 12.2. The summed E-state index contributed by atoms with van der Waals surface area (Å²) in [5.74, 6) is 0. The standard InChI is InChI=1S/C28H35N2.C2H6/c1-8-12-20-17-18-24-22(19-20)28(4,5)26(30(24)7)16-11-15-25-27(2,3)21-13-9-10-14-23(21)29(25)6;1-2/h9-11,13-19H,8,12H2,1-7H3;1-2H3/q+1;. The molecule has 0 saturated heterocycles. The highest BCUT2D eigenvalue weighted by atomic mass is 15.2. The van der Waals surface area contributed by atoms with Crippen molar-refractivity contribution in [2.75, 3.05) is 19.0 Å². The number of fused-ring (bicyclic) bond motifs is 2. The molecule has 0 radical (unpaired) electrons. The number of aryl methyl sites for hydroxylation is 1. The minimum atomic E-state index is 0.00288. The summed E-state index contributed by atoms with van der Waals surface area (Å²) in [4.78, 5) is 2.36. The number of rotatable bonds is 4. The first-order valence-electron chi connectivity index (χ1n) is 12.2. The first kappa shape index (κ1) is 24.0. The molecule has 0 unspecified atom stereocenters. The molecule has 2 heteroatoms. The molecule has 0 bridgehead atoms. The molecular formula is C30H41N2+. The Morgan fingerprint density at radius 3 is 2.28 bits per heavy atom. The normalized spacial score (nSPS) is 19.3. The predicted molar refractivity (Wildman–Crippen MR) is 141 cm³/mol. The number of anilines is 1. The zero-order valence-electron chi connectivity index (χ0n) is 21.6. The molecule has 0 aliphatic carbocycles. The van der Waals surface area contributed by atoms with E-state index in [0.717, 1.165) is 6.42 Å². The van der Waals surface area contributed by atoms with Gasteiger partial charge in [0.2, 0.25) is 5.69 Å². The summed E-state index contributed by atoms with van der Waals surface area (Å²) in [6.45, 7) is 15.6. The fourth-order valence-electron chi connectivity index (χ4n) is 5.36. The zero-order valence-corrected chi connectivity index (χ0v) is 21.6. The van der Waals surface area contributed by atoms with E-state index in [9.17, 15) is 0 Å². The zero-order chi connectivity index (χ0) is 23.7. The van der Waals surface area contributed by atoms with Crippen LogP contribution in [0, 0.1) is 0 Å². The maximum absolute atomic E-state index is 2.42. The van der Waals surface area contributed by atoms with Crippen LogP contribution in [0.15, 0.2) is 66.4 Å². The van der Waals surface area contributed by atoms with Crippen molar-refractivity contribution < 1.29 is 4.58 Å². The molecule has 2 nitrogen and oxygen atoms in total. The molecule has 0 saturated carbocycles. The molecule has 2 heterocycles. The Balaban J connectivity index is 0.00000141. The molecule has 2 aromatic carbocycles. The molecule has 0 spiro atoms. The molecule has 0 atom stereocenters. The van der Waals surface area contributed by atoms with Gasteiger partial charge in [-0.25, -0.2) is 0 Å². The number of hydrogen-bond donors (Lipinski definition) is 0. The van der Waals surface area contributed by atoms with Gasteiger partial charge in [-0.05, 0) is 43.5 Å². The van der Waals surface area contributed by atoms with Gasteiger partial charge in [-0.1, -0.05) is 77.4 Å². The summed E-state index contributed by atoms with van der Waals surface area (Å²) in [6, 6.07) is 15.7. The summed E-state index contributed by atoms with van der Waals surface area (Å²) >= 11 is 0. The highest BCUT2D eigenvalue weighted by Crippen LogP contribution is 2.47. The third-order valence-electron chi connectivity index (χ3n) is 7.08. The second kappa shape index (κ2) is 9.10. The Morgan fingerprint density at radius 1 is 0.938 bits per heavy atom. The fraction of sp³-hybridized carbons (Fsp3) is 0.433. The van der Waals surface area contributed by atoms with Gasteiger partial charge in [0.15, 0.2) is 5.71 Å². The minimum absolute atomic E-state index is 0.00288. The molecule has 2 aliphatic rings. The lowest BCUT2D eigenvalue weighted by Gasteiger charge is -2.23. The van der Waals surface area contributed by atoms with Crippen LogP contribution in [-0.4, -0.2) is 24.4 Å². The second-order valence-electron chi connectivity index (χ2n) is 9.78. The lowest BCUT2D eigenvalue weighted by molar-refractivity contribution is -0.401. The monoisotopic (exact) mass is 429 g/mol. The maximum Gasteiger partial charge on any atom is 0.209 e. The number of para-hydroxylation sites is 1. The molecule has 2 aromatic rings. The van der Waals surface area contributed by atoms with Crippen molar-refractivity contribution in [1.29, 1.82) is 0 Å². The quantitative estimate of drug-likeness (QED) is 0.455. The number of benzene rings is 2. The molecule has 2 aliphatic heterocycles. The van der Waals surface area contributed by atoms with E-state index in [2.05, 4.69) is 119 Å². The predicted octanol–water partition coefficient (Wildman–Crippen LogP) is 7.54. The van der Waals surface area contributed by atoms with E-state index in [0.29, 0.717) is 0 Å². The number of nitrogens with zero attached hydrogens (tertiary/aromatic N) is 2. The molecule has 0 amide bonds. The molecule has 4 rings (SSSR count). The van der Waals surface area contributed by atoms with E-state index in [4.69, 9.17) is 0 Å². The Labute approximate surface area is 196 Å². The summed E-state index contributed by atoms with van der Waals surface area (Å²) in [5, 5.41) is 0.